The quantitative estimate of drug-likeness (QED) is 0.788. The van der Waals surface area contributed by atoms with Gasteiger partial charge in [0.1, 0.15) is 10.8 Å². The number of carbonyl (C=O) groups is 1. The maximum atomic E-state index is 12.1. The molecular weight excluding hydrogens is 318 g/mol. The van der Waals surface area contributed by atoms with Crippen molar-refractivity contribution in [3.8, 4) is 6.01 Å². The van der Waals surface area contributed by atoms with Crippen LogP contribution in [0.25, 0.3) is 0 Å². The first kappa shape index (κ1) is 17.8. The van der Waals surface area contributed by atoms with Crippen molar-refractivity contribution in [1.82, 2.24) is 14.9 Å². The van der Waals surface area contributed by atoms with Crippen LogP contribution in [0.3, 0.4) is 0 Å². The first-order valence-electron chi connectivity index (χ1n) is 7.85. The van der Waals surface area contributed by atoms with Crippen LogP contribution in [-0.2, 0) is 4.74 Å². The molecule has 128 valence electrons. The van der Waals surface area contributed by atoms with Crippen molar-refractivity contribution in [2.75, 3.05) is 19.7 Å². The number of amides is 1. The lowest BCUT2D eigenvalue weighted by atomic mass is 9.99. The summed E-state index contributed by atoms with van der Waals surface area (Å²) in [6.45, 7) is 9.24. The maximum Gasteiger partial charge on any atom is 0.410 e. The lowest BCUT2D eigenvalue weighted by molar-refractivity contribution is 0.0137. The van der Waals surface area contributed by atoms with E-state index in [2.05, 4.69) is 9.97 Å². The first-order valence-corrected chi connectivity index (χ1v) is 8.22. The standard InChI is InChI=1S/C16H24ClN3O3/c1-11-8-13(17)19-14(18-11)22-10-12-6-5-7-20(9-12)15(21)23-16(2,3)4/h8,12H,5-7,9-10H2,1-4H3/t12-/m1/s1. The average Bonchev–Trinajstić information content (AvgIpc) is 2.43. The normalized spacial score (nSPS) is 18.7. The molecule has 0 aromatic carbocycles. The van der Waals surface area contributed by atoms with Gasteiger partial charge in [-0.1, -0.05) is 11.6 Å². The fraction of sp³-hybridized carbons (Fsp3) is 0.688. The number of aryl methyl sites for hydroxylation is 1. The van der Waals surface area contributed by atoms with Gasteiger partial charge in [0, 0.05) is 24.7 Å². The molecule has 1 fully saturated rings. The summed E-state index contributed by atoms with van der Waals surface area (Å²) in [6, 6.07) is 1.96. The molecule has 2 heterocycles. The lowest BCUT2D eigenvalue weighted by Gasteiger charge is -2.33. The lowest BCUT2D eigenvalue weighted by Crippen LogP contribution is -2.44. The van der Waals surface area contributed by atoms with Gasteiger partial charge < -0.3 is 14.4 Å². The summed E-state index contributed by atoms with van der Waals surface area (Å²) in [7, 11) is 0. The minimum Gasteiger partial charge on any atom is -0.463 e. The van der Waals surface area contributed by atoms with Gasteiger partial charge in [-0.2, -0.15) is 4.98 Å². The van der Waals surface area contributed by atoms with E-state index >= 15 is 0 Å². The Hall–Kier alpha value is -1.56. The molecule has 7 heteroatoms. The highest BCUT2D eigenvalue weighted by molar-refractivity contribution is 6.29. The highest BCUT2D eigenvalue weighted by Gasteiger charge is 2.28. The minimum absolute atomic E-state index is 0.235. The van der Waals surface area contributed by atoms with Crippen molar-refractivity contribution >= 4 is 17.7 Å². The van der Waals surface area contributed by atoms with Gasteiger partial charge in [-0.25, -0.2) is 9.78 Å². The van der Waals surface area contributed by atoms with Crippen molar-refractivity contribution in [2.24, 2.45) is 5.92 Å². The molecule has 0 aliphatic carbocycles. The van der Waals surface area contributed by atoms with E-state index in [-0.39, 0.29) is 18.0 Å². The number of piperidine rings is 1. The van der Waals surface area contributed by atoms with Crippen LogP contribution in [0.2, 0.25) is 5.15 Å². The molecule has 1 amide bonds. The Morgan fingerprint density at radius 3 is 2.83 bits per heavy atom. The molecule has 1 aromatic heterocycles. The van der Waals surface area contributed by atoms with Crippen molar-refractivity contribution in [3.63, 3.8) is 0 Å². The monoisotopic (exact) mass is 341 g/mol. The van der Waals surface area contributed by atoms with E-state index in [1.807, 2.05) is 27.7 Å². The number of hydrogen-bond donors (Lipinski definition) is 0. The summed E-state index contributed by atoms with van der Waals surface area (Å²) in [6.07, 6.45) is 1.67. The van der Waals surface area contributed by atoms with Gasteiger partial charge in [-0.15, -0.1) is 0 Å². The molecule has 23 heavy (non-hydrogen) atoms. The van der Waals surface area contributed by atoms with Crippen molar-refractivity contribution in [3.05, 3.63) is 16.9 Å². The third-order valence-electron chi connectivity index (χ3n) is 3.42. The van der Waals surface area contributed by atoms with Crippen LogP contribution in [0.15, 0.2) is 6.07 Å². The average molecular weight is 342 g/mol. The molecule has 0 saturated carbocycles. The third kappa shape index (κ3) is 5.86. The Balaban J connectivity index is 1.87. The van der Waals surface area contributed by atoms with Crippen LogP contribution in [0, 0.1) is 12.8 Å². The second-order valence-corrected chi connectivity index (χ2v) is 7.25. The Morgan fingerprint density at radius 2 is 2.17 bits per heavy atom. The van der Waals surface area contributed by atoms with E-state index < -0.39 is 5.60 Å². The molecule has 2 rings (SSSR count). The fourth-order valence-corrected chi connectivity index (χ4v) is 2.68. The molecule has 1 aliphatic rings. The number of hydrogen-bond acceptors (Lipinski definition) is 5. The Bertz CT molecular complexity index is 540. The molecule has 1 aromatic rings. The highest BCUT2D eigenvalue weighted by atomic mass is 35.5. The summed E-state index contributed by atoms with van der Waals surface area (Å²) in [5.74, 6) is 0.235. The van der Waals surface area contributed by atoms with E-state index in [1.165, 1.54) is 0 Å². The van der Waals surface area contributed by atoms with Crippen LogP contribution in [0.4, 0.5) is 4.79 Å². The fourth-order valence-electron chi connectivity index (χ4n) is 2.45. The van der Waals surface area contributed by atoms with E-state index in [9.17, 15) is 4.79 Å². The maximum absolute atomic E-state index is 12.1. The zero-order chi connectivity index (χ0) is 17.0. The van der Waals surface area contributed by atoms with Crippen LogP contribution >= 0.6 is 11.6 Å². The predicted octanol–water partition coefficient (Wildman–Crippen LogP) is 3.46. The Labute approximate surface area is 142 Å². The van der Waals surface area contributed by atoms with E-state index in [4.69, 9.17) is 21.1 Å². The zero-order valence-corrected chi connectivity index (χ0v) is 14.9. The van der Waals surface area contributed by atoms with Gasteiger partial charge in [0.15, 0.2) is 0 Å². The van der Waals surface area contributed by atoms with E-state index in [0.717, 1.165) is 25.1 Å². The second-order valence-electron chi connectivity index (χ2n) is 6.86. The number of carbonyl (C=O) groups excluding carboxylic acids is 1. The third-order valence-corrected chi connectivity index (χ3v) is 3.61. The first-order chi connectivity index (χ1) is 10.7. The van der Waals surface area contributed by atoms with Gasteiger partial charge in [0.25, 0.3) is 0 Å². The van der Waals surface area contributed by atoms with E-state index in [1.54, 1.807) is 11.0 Å². The number of halogens is 1. The molecule has 0 radical (unpaired) electrons. The molecule has 0 unspecified atom stereocenters. The number of likely N-dealkylation sites (tertiary alicyclic amines) is 1. The van der Waals surface area contributed by atoms with Crippen LogP contribution in [0.1, 0.15) is 39.3 Å². The van der Waals surface area contributed by atoms with Crippen molar-refractivity contribution in [1.29, 1.82) is 0 Å². The number of ether oxygens (including phenoxy) is 2. The highest BCUT2D eigenvalue weighted by Crippen LogP contribution is 2.20. The van der Waals surface area contributed by atoms with Crippen LogP contribution in [-0.4, -0.2) is 46.3 Å². The largest absolute Gasteiger partial charge is 0.463 e. The molecule has 6 nitrogen and oxygen atoms in total. The van der Waals surface area contributed by atoms with Crippen molar-refractivity contribution in [2.45, 2.75) is 46.1 Å². The molecule has 0 N–H and O–H groups in total. The second kappa shape index (κ2) is 7.34. The number of aromatic nitrogens is 2. The molecule has 0 bridgehead atoms. The number of rotatable bonds is 3. The van der Waals surface area contributed by atoms with Gasteiger partial charge in [-0.05, 0) is 46.6 Å². The topological polar surface area (TPSA) is 64.5 Å². The number of nitrogens with zero attached hydrogens (tertiary/aromatic N) is 3. The van der Waals surface area contributed by atoms with Crippen LogP contribution < -0.4 is 4.74 Å². The molecule has 1 saturated heterocycles. The van der Waals surface area contributed by atoms with Crippen molar-refractivity contribution < 1.29 is 14.3 Å². The molecule has 0 spiro atoms. The SMILES string of the molecule is Cc1cc(Cl)nc(OC[C@@H]2CCCN(C(=O)OC(C)(C)C)C2)n1. The van der Waals surface area contributed by atoms with Gasteiger partial charge in [0.2, 0.25) is 0 Å². The molecule has 1 atom stereocenters. The summed E-state index contributed by atoms with van der Waals surface area (Å²) in [5, 5.41) is 0.367. The Morgan fingerprint density at radius 1 is 1.43 bits per heavy atom. The molecule has 1 aliphatic heterocycles. The summed E-state index contributed by atoms with van der Waals surface area (Å²) < 4.78 is 11.1. The summed E-state index contributed by atoms with van der Waals surface area (Å²) in [5.41, 5.74) is 0.284. The predicted molar refractivity (Wildman–Crippen MR) is 87.8 cm³/mol. The molecular formula is C16H24ClN3O3. The summed E-state index contributed by atoms with van der Waals surface area (Å²) >= 11 is 5.90. The Kier molecular flexibility index (Phi) is 5.68. The van der Waals surface area contributed by atoms with Gasteiger partial charge in [0.05, 0.1) is 6.61 Å². The van der Waals surface area contributed by atoms with Gasteiger partial charge >= 0.3 is 12.1 Å². The zero-order valence-electron chi connectivity index (χ0n) is 14.1. The van der Waals surface area contributed by atoms with Gasteiger partial charge in [-0.3, -0.25) is 0 Å². The smallest absolute Gasteiger partial charge is 0.410 e. The van der Waals surface area contributed by atoms with E-state index in [0.29, 0.717) is 18.3 Å². The van der Waals surface area contributed by atoms with Crippen LogP contribution in [0.5, 0.6) is 6.01 Å². The minimum atomic E-state index is -0.479. The summed E-state index contributed by atoms with van der Waals surface area (Å²) in [4.78, 5) is 22.1.